The highest BCUT2D eigenvalue weighted by Gasteiger charge is 2.31. The van der Waals surface area contributed by atoms with Gasteiger partial charge < -0.3 is 14.7 Å². The molecule has 1 atom stereocenters. The molecule has 1 aliphatic rings. The molecule has 1 saturated heterocycles. The van der Waals surface area contributed by atoms with Crippen molar-refractivity contribution in [3.63, 3.8) is 0 Å². The highest BCUT2D eigenvalue weighted by atomic mass is 16.6. The molecule has 1 aromatic rings. The molecule has 1 aliphatic heterocycles. The minimum atomic E-state index is -0.961. The number of ether oxygens (including phenoxy) is 1. The Morgan fingerprint density at radius 2 is 2.12 bits per heavy atom. The lowest BCUT2D eigenvalue weighted by Gasteiger charge is -2.36. The van der Waals surface area contributed by atoms with E-state index in [9.17, 15) is 14.7 Å². The lowest BCUT2D eigenvalue weighted by Crippen LogP contribution is -2.45. The van der Waals surface area contributed by atoms with Gasteiger partial charge in [0.15, 0.2) is 0 Å². The summed E-state index contributed by atoms with van der Waals surface area (Å²) in [7, 11) is 0. The second kappa shape index (κ2) is 7.39. The molecule has 0 aliphatic carbocycles. The predicted octanol–water partition coefficient (Wildman–Crippen LogP) is 2.88. The van der Waals surface area contributed by atoms with Crippen molar-refractivity contribution in [2.45, 2.75) is 45.3 Å². The highest BCUT2D eigenvalue weighted by molar-refractivity contribution is 5.84. The van der Waals surface area contributed by atoms with Gasteiger partial charge in [0.25, 0.3) is 0 Å². The van der Waals surface area contributed by atoms with Gasteiger partial charge in [0.05, 0.1) is 11.6 Å². The van der Waals surface area contributed by atoms with Crippen molar-refractivity contribution >= 4 is 17.6 Å². The van der Waals surface area contributed by atoms with Gasteiger partial charge in [-0.3, -0.25) is 0 Å². The third kappa shape index (κ3) is 5.08. The Bertz CT molecular complexity index is 741. The number of nitrogens with zero attached hydrogens (tertiary/aromatic N) is 2. The molecule has 1 heterocycles. The maximum absolute atomic E-state index is 11.9. The summed E-state index contributed by atoms with van der Waals surface area (Å²) in [5.41, 5.74) is 1.35. The summed E-state index contributed by atoms with van der Waals surface area (Å²) < 4.78 is 5.27. The van der Waals surface area contributed by atoms with Crippen molar-refractivity contribution in [1.82, 2.24) is 0 Å². The van der Waals surface area contributed by atoms with E-state index >= 15 is 0 Å². The third-order valence-corrected chi connectivity index (χ3v) is 3.83. The zero-order chi connectivity index (χ0) is 18.6. The molecule has 0 aromatic heterocycles. The average Bonchev–Trinajstić information content (AvgIpc) is 2.53. The van der Waals surface area contributed by atoms with E-state index in [1.54, 1.807) is 49.9 Å². The summed E-state index contributed by atoms with van der Waals surface area (Å²) in [5, 5.41) is 18.6. The fourth-order valence-corrected chi connectivity index (χ4v) is 2.79. The fraction of sp³-hybridized carbons (Fsp3) is 0.421. The van der Waals surface area contributed by atoms with Gasteiger partial charge in [-0.25, -0.2) is 9.59 Å². The standard InChI is InChI=1S/C19H22N2O4/c1-19(2,3)25-17(22)11-13-7-8-21(16(10-13)18(23)24)15-6-4-5-14(9-15)12-20/h4-6,9,11,16H,7-8,10H2,1-3H3,(H,23,24)/b13-11-/t16-/m0/s1. The number of rotatable bonds is 3. The Morgan fingerprint density at radius 3 is 2.72 bits per heavy atom. The minimum absolute atomic E-state index is 0.241. The summed E-state index contributed by atoms with van der Waals surface area (Å²) in [5.74, 6) is -1.41. The number of aliphatic carboxylic acids is 1. The number of esters is 1. The summed E-state index contributed by atoms with van der Waals surface area (Å²) >= 11 is 0. The number of piperidine rings is 1. The van der Waals surface area contributed by atoms with Crippen molar-refractivity contribution in [3.8, 4) is 6.07 Å². The SMILES string of the molecule is CC(C)(C)OC(=O)/C=C1/CCN(c2cccc(C#N)c2)[C@H](C(=O)O)C1. The van der Waals surface area contributed by atoms with Gasteiger partial charge >= 0.3 is 11.9 Å². The van der Waals surface area contributed by atoms with Gasteiger partial charge in [0.1, 0.15) is 11.6 Å². The van der Waals surface area contributed by atoms with Gasteiger partial charge in [-0.1, -0.05) is 11.6 Å². The summed E-state index contributed by atoms with van der Waals surface area (Å²) in [4.78, 5) is 25.4. The van der Waals surface area contributed by atoms with Crippen LogP contribution in [0.2, 0.25) is 0 Å². The number of hydrogen-bond donors (Lipinski definition) is 1. The number of benzene rings is 1. The molecule has 6 nitrogen and oxygen atoms in total. The van der Waals surface area contributed by atoms with E-state index < -0.39 is 23.6 Å². The van der Waals surface area contributed by atoms with Gasteiger partial charge in [-0.05, 0) is 45.4 Å². The van der Waals surface area contributed by atoms with Crippen LogP contribution in [0.15, 0.2) is 35.9 Å². The van der Waals surface area contributed by atoms with Gasteiger partial charge in [0, 0.05) is 24.7 Å². The minimum Gasteiger partial charge on any atom is -0.480 e. The van der Waals surface area contributed by atoms with Crippen LogP contribution in [0.3, 0.4) is 0 Å². The van der Waals surface area contributed by atoms with Gasteiger partial charge in [0.2, 0.25) is 0 Å². The molecule has 6 heteroatoms. The predicted molar refractivity (Wildman–Crippen MR) is 93.1 cm³/mol. The number of nitriles is 1. The van der Waals surface area contributed by atoms with Gasteiger partial charge in [-0.2, -0.15) is 5.26 Å². The Morgan fingerprint density at radius 1 is 1.40 bits per heavy atom. The number of carbonyl (C=O) groups excluding carboxylic acids is 1. The topological polar surface area (TPSA) is 90.6 Å². The largest absolute Gasteiger partial charge is 0.480 e. The number of hydrogen-bond acceptors (Lipinski definition) is 5. The monoisotopic (exact) mass is 342 g/mol. The Kier molecular flexibility index (Phi) is 5.48. The molecule has 2 rings (SSSR count). The van der Waals surface area contributed by atoms with Crippen LogP contribution in [-0.2, 0) is 14.3 Å². The fourth-order valence-electron chi connectivity index (χ4n) is 2.79. The van der Waals surface area contributed by atoms with E-state index in [4.69, 9.17) is 10.00 Å². The van der Waals surface area contributed by atoms with Crippen LogP contribution in [0.4, 0.5) is 5.69 Å². The second-order valence-corrected chi connectivity index (χ2v) is 7.00. The van der Waals surface area contributed by atoms with Crippen molar-refractivity contribution in [3.05, 3.63) is 41.5 Å². The van der Waals surface area contributed by atoms with Crippen LogP contribution in [0.1, 0.15) is 39.2 Å². The molecule has 1 N–H and O–H groups in total. The average molecular weight is 342 g/mol. The lowest BCUT2D eigenvalue weighted by molar-refractivity contribution is -0.148. The maximum Gasteiger partial charge on any atom is 0.331 e. The lowest BCUT2D eigenvalue weighted by atomic mass is 9.95. The van der Waals surface area contributed by atoms with E-state index in [-0.39, 0.29) is 6.42 Å². The maximum atomic E-state index is 11.9. The Balaban J connectivity index is 2.19. The zero-order valence-electron chi connectivity index (χ0n) is 14.7. The number of carbonyl (C=O) groups is 2. The van der Waals surface area contributed by atoms with E-state index in [1.807, 2.05) is 0 Å². The second-order valence-electron chi connectivity index (χ2n) is 7.00. The molecule has 0 bridgehead atoms. The Labute approximate surface area is 147 Å². The van der Waals surface area contributed by atoms with Crippen LogP contribution >= 0.6 is 0 Å². The van der Waals surface area contributed by atoms with Crippen LogP contribution in [0, 0.1) is 11.3 Å². The van der Waals surface area contributed by atoms with Crippen LogP contribution in [0.5, 0.6) is 0 Å². The van der Waals surface area contributed by atoms with Crippen molar-refractivity contribution in [1.29, 1.82) is 5.26 Å². The number of carboxylic acid groups (broad SMARTS) is 1. The van der Waals surface area contributed by atoms with Crippen LogP contribution < -0.4 is 4.90 Å². The smallest absolute Gasteiger partial charge is 0.331 e. The first-order valence-corrected chi connectivity index (χ1v) is 8.11. The Hall–Kier alpha value is -2.81. The molecular formula is C19H22N2O4. The van der Waals surface area contributed by atoms with Crippen molar-refractivity contribution in [2.75, 3.05) is 11.4 Å². The van der Waals surface area contributed by atoms with Crippen molar-refractivity contribution < 1.29 is 19.4 Å². The quantitative estimate of drug-likeness (QED) is 0.671. The third-order valence-electron chi connectivity index (χ3n) is 3.83. The normalized spacial score (nSPS) is 19.4. The molecule has 0 amide bonds. The first-order valence-electron chi connectivity index (χ1n) is 8.11. The number of carboxylic acids is 1. The zero-order valence-corrected chi connectivity index (χ0v) is 14.7. The van der Waals surface area contributed by atoms with Crippen LogP contribution in [-0.4, -0.2) is 35.2 Å². The van der Waals surface area contributed by atoms with Crippen LogP contribution in [0.25, 0.3) is 0 Å². The van der Waals surface area contributed by atoms with Gasteiger partial charge in [-0.15, -0.1) is 0 Å². The molecule has 1 fully saturated rings. The molecule has 0 unspecified atom stereocenters. The van der Waals surface area contributed by atoms with E-state index in [2.05, 4.69) is 6.07 Å². The first-order chi connectivity index (χ1) is 11.7. The van der Waals surface area contributed by atoms with E-state index in [0.29, 0.717) is 24.2 Å². The summed E-state index contributed by atoms with van der Waals surface area (Å²) in [6, 6.07) is 8.16. The number of anilines is 1. The van der Waals surface area contributed by atoms with E-state index in [1.165, 1.54) is 6.08 Å². The van der Waals surface area contributed by atoms with E-state index in [0.717, 1.165) is 5.57 Å². The summed E-state index contributed by atoms with van der Waals surface area (Å²) in [6.07, 6.45) is 2.22. The molecule has 25 heavy (non-hydrogen) atoms. The molecular weight excluding hydrogens is 320 g/mol. The molecule has 1 aromatic carbocycles. The first kappa shape index (κ1) is 18.5. The molecule has 0 radical (unpaired) electrons. The molecule has 132 valence electrons. The highest BCUT2D eigenvalue weighted by Crippen LogP contribution is 2.29. The van der Waals surface area contributed by atoms with Crippen molar-refractivity contribution in [2.24, 2.45) is 0 Å². The summed E-state index contributed by atoms with van der Waals surface area (Å²) in [6.45, 7) is 5.82. The molecule has 0 saturated carbocycles. The molecule has 0 spiro atoms.